The van der Waals surface area contributed by atoms with Crippen LogP contribution in [0.5, 0.6) is 0 Å². The third kappa shape index (κ3) is 7.27. The monoisotopic (exact) mass is 597 g/mol. The molecule has 2 fully saturated rings. The Morgan fingerprint density at radius 2 is 1.93 bits per heavy atom. The third-order valence-electron chi connectivity index (χ3n) is 8.15. The number of aromatic nitrogens is 3. The Balaban J connectivity index is 1.34. The van der Waals surface area contributed by atoms with E-state index < -0.39 is 6.04 Å². The van der Waals surface area contributed by atoms with Gasteiger partial charge in [-0.25, -0.2) is 0 Å². The van der Waals surface area contributed by atoms with E-state index in [-0.39, 0.29) is 36.5 Å². The van der Waals surface area contributed by atoms with Crippen LogP contribution in [0.4, 0.5) is 0 Å². The number of nitrogens with two attached hydrogens (primary N) is 1. The van der Waals surface area contributed by atoms with E-state index in [1.165, 1.54) is 5.56 Å². The van der Waals surface area contributed by atoms with E-state index in [1.807, 2.05) is 19.1 Å². The highest BCUT2D eigenvalue weighted by atomic mass is 35.5. The molecule has 41 heavy (non-hydrogen) atoms. The van der Waals surface area contributed by atoms with Crippen LogP contribution in [0.1, 0.15) is 48.5 Å². The average Bonchev–Trinajstić information content (AvgIpc) is 3.54. The first-order valence-corrected chi connectivity index (χ1v) is 15.0. The van der Waals surface area contributed by atoms with Crippen molar-refractivity contribution in [2.45, 2.75) is 76.2 Å². The van der Waals surface area contributed by atoms with Crippen LogP contribution in [0, 0.1) is 6.92 Å². The summed E-state index contributed by atoms with van der Waals surface area (Å²) in [5, 5.41) is 12.1. The number of rotatable bonds is 10. The van der Waals surface area contributed by atoms with Crippen LogP contribution in [-0.2, 0) is 29.0 Å². The number of fused-ring (bicyclic) bond motifs is 1. The zero-order chi connectivity index (χ0) is 28.9. The van der Waals surface area contributed by atoms with Crippen molar-refractivity contribution in [1.82, 2.24) is 30.3 Å². The number of nitrogens with one attached hydrogen (secondary N) is 2. The Kier molecular flexibility index (Phi) is 9.60. The maximum absolute atomic E-state index is 14.1. The smallest absolute Gasteiger partial charge is 0.243 e. The van der Waals surface area contributed by atoms with Crippen LogP contribution in [-0.4, -0.2) is 74.1 Å². The molecule has 218 valence electrons. The quantitative estimate of drug-likeness (QED) is 0.328. The molecule has 2 aromatic carbocycles. The first-order valence-electron chi connectivity index (χ1n) is 14.2. The normalized spacial score (nSPS) is 21.9. The Morgan fingerprint density at radius 1 is 1.12 bits per heavy atom. The molecule has 0 aliphatic carbocycles. The molecular formula is C30H37Cl2N7O2. The van der Waals surface area contributed by atoms with Gasteiger partial charge in [-0.2, -0.15) is 0 Å². The number of halogens is 2. The average molecular weight is 599 g/mol. The van der Waals surface area contributed by atoms with Crippen molar-refractivity contribution in [3.63, 3.8) is 0 Å². The second-order valence-electron chi connectivity index (χ2n) is 11.1. The minimum atomic E-state index is -0.665. The molecule has 0 spiro atoms. The summed E-state index contributed by atoms with van der Waals surface area (Å²) in [5.41, 5.74) is 8.51. The molecule has 4 N–H and O–H groups in total. The van der Waals surface area contributed by atoms with Crippen LogP contribution in [0.2, 0.25) is 10.0 Å². The third-order valence-corrected chi connectivity index (χ3v) is 8.89. The Bertz CT molecular complexity index is 1350. The molecule has 4 atom stereocenters. The van der Waals surface area contributed by atoms with Gasteiger partial charge in [0.05, 0.1) is 16.1 Å². The molecule has 3 aromatic rings. The highest BCUT2D eigenvalue weighted by molar-refractivity contribution is 6.42. The lowest BCUT2D eigenvalue weighted by molar-refractivity contribution is -0.143. The number of aromatic amines is 1. The van der Waals surface area contributed by atoms with Crippen LogP contribution in [0.25, 0.3) is 0 Å². The van der Waals surface area contributed by atoms with Gasteiger partial charge < -0.3 is 20.9 Å². The summed E-state index contributed by atoms with van der Waals surface area (Å²) in [6.07, 6.45) is 4.13. The number of carbonyl (C=O) groups excluding carboxylic acids is 2. The maximum Gasteiger partial charge on any atom is 0.243 e. The summed E-state index contributed by atoms with van der Waals surface area (Å²) in [6.45, 7) is 3.30. The van der Waals surface area contributed by atoms with E-state index >= 15 is 0 Å². The van der Waals surface area contributed by atoms with E-state index in [0.717, 1.165) is 24.8 Å². The molecule has 3 heterocycles. The molecule has 1 unspecified atom stereocenters. The Labute approximate surface area is 250 Å². The second kappa shape index (κ2) is 13.3. The van der Waals surface area contributed by atoms with Gasteiger partial charge in [0.15, 0.2) is 0 Å². The van der Waals surface area contributed by atoms with E-state index in [1.54, 1.807) is 17.0 Å². The largest absolute Gasteiger partial charge is 0.350 e. The minimum Gasteiger partial charge on any atom is -0.350 e. The zero-order valence-corrected chi connectivity index (χ0v) is 24.7. The molecule has 0 radical (unpaired) electrons. The predicted molar refractivity (Wildman–Crippen MR) is 160 cm³/mol. The Hall–Kier alpha value is -2.98. The second-order valence-corrected chi connectivity index (χ2v) is 11.9. The molecule has 11 heteroatoms. The van der Waals surface area contributed by atoms with Crippen molar-refractivity contribution in [2.24, 2.45) is 5.73 Å². The molecule has 1 aromatic heterocycles. The van der Waals surface area contributed by atoms with Gasteiger partial charge in [0.25, 0.3) is 0 Å². The van der Waals surface area contributed by atoms with Crippen molar-refractivity contribution < 1.29 is 9.59 Å². The molecule has 2 aliphatic rings. The Morgan fingerprint density at radius 3 is 2.66 bits per heavy atom. The summed E-state index contributed by atoms with van der Waals surface area (Å²) in [6, 6.07) is 14.8. The fourth-order valence-corrected chi connectivity index (χ4v) is 6.38. The van der Waals surface area contributed by atoms with Crippen LogP contribution >= 0.6 is 23.2 Å². The molecule has 9 nitrogen and oxygen atoms in total. The van der Waals surface area contributed by atoms with E-state index in [9.17, 15) is 9.59 Å². The van der Waals surface area contributed by atoms with Gasteiger partial charge in [0.2, 0.25) is 11.8 Å². The lowest BCUT2D eigenvalue weighted by Gasteiger charge is -2.32. The van der Waals surface area contributed by atoms with Gasteiger partial charge in [-0.05, 0) is 62.3 Å². The lowest BCUT2D eigenvalue weighted by Crippen LogP contribution is -2.53. The topological polar surface area (TPSA) is 120 Å². The summed E-state index contributed by atoms with van der Waals surface area (Å²) in [4.78, 5) is 35.1. The first-order chi connectivity index (χ1) is 19.8. The molecule has 2 saturated heterocycles. The number of aryl methyl sites for hydroxylation is 3. The summed E-state index contributed by atoms with van der Waals surface area (Å²) in [7, 11) is 0. The molecule has 2 amide bonds. The summed E-state index contributed by atoms with van der Waals surface area (Å²) in [5.74, 6) is 1.17. The van der Waals surface area contributed by atoms with Gasteiger partial charge in [0.1, 0.15) is 17.7 Å². The number of hydrogen-bond donors (Lipinski definition) is 3. The van der Waals surface area contributed by atoms with Crippen LogP contribution in [0.3, 0.4) is 0 Å². The number of nitrogens with zero attached hydrogens (tertiary/aromatic N) is 4. The SMILES string of the molecule is Cc1nnc(CC[C@H](C(=O)NCc2ccc(Cl)c(Cl)c2)N2CCC(CCc3ccccc3)N3C[C@H](N)C[C@H]3C2=O)[nH]1. The highest BCUT2D eigenvalue weighted by Gasteiger charge is 2.45. The fraction of sp³-hybridized carbons (Fsp3) is 0.467. The van der Waals surface area contributed by atoms with Gasteiger partial charge in [-0.3, -0.25) is 14.5 Å². The van der Waals surface area contributed by atoms with Crippen molar-refractivity contribution in [1.29, 1.82) is 0 Å². The standard InChI is InChI=1S/C30H37Cl2N7O2/c1-19-35-28(37-36-19)12-11-26(29(40)34-17-21-8-10-24(31)25(32)15-21)38-14-13-23(9-7-20-5-3-2-4-6-20)39-18-22(33)16-27(39)30(38)41/h2-6,8,10,15,22-23,26-27H,7,9,11-14,16-18,33H2,1H3,(H,34,40)(H,35,36,37)/t22-,23?,26-,27+/m1/s1. The first kappa shape index (κ1) is 29.5. The van der Waals surface area contributed by atoms with Gasteiger partial charge in [-0.1, -0.05) is 59.6 Å². The van der Waals surface area contributed by atoms with E-state index in [2.05, 4.69) is 49.7 Å². The highest BCUT2D eigenvalue weighted by Crippen LogP contribution is 2.30. The minimum absolute atomic E-state index is 0.0244. The van der Waals surface area contributed by atoms with E-state index in [4.69, 9.17) is 28.9 Å². The van der Waals surface area contributed by atoms with Gasteiger partial charge in [-0.15, -0.1) is 10.2 Å². The number of H-pyrrole nitrogens is 1. The maximum atomic E-state index is 14.1. The van der Waals surface area contributed by atoms with Crippen molar-refractivity contribution in [3.05, 3.63) is 81.4 Å². The van der Waals surface area contributed by atoms with Gasteiger partial charge >= 0.3 is 0 Å². The van der Waals surface area contributed by atoms with Gasteiger partial charge in [0, 0.05) is 38.1 Å². The molecular weight excluding hydrogens is 561 g/mol. The number of hydrogen-bond acceptors (Lipinski definition) is 6. The molecule has 0 bridgehead atoms. The van der Waals surface area contributed by atoms with E-state index in [0.29, 0.717) is 54.0 Å². The summed E-state index contributed by atoms with van der Waals surface area (Å²) >= 11 is 12.2. The van der Waals surface area contributed by atoms with Crippen LogP contribution in [0.15, 0.2) is 48.5 Å². The van der Waals surface area contributed by atoms with Crippen molar-refractivity contribution in [3.8, 4) is 0 Å². The molecule has 5 rings (SSSR count). The number of benzene rings is 2. The number of carbonyl (C=O) groups is 2. The molecule has 2 aliphatic heterocycles. The number of amides is 2. The van der Waals surface area contributed by atoms with Crippen LogP contribution < -0.4 is 11.1 Å². The summed E-state index contributed by atoms with van der Waals surface area (Å²) < 4.78 is 0. The zero-order valence-electron chi connectivity index (χ0n) is 23.2. The molecule has 0 saturated carbocycles. The lowest BCUT2D eigenvalue weighted by atomic mass is 10.0. The van der Waals surface area contributed by atoms with Crippen molar-refractivity contribution in [2.75, 3.05) is 13.1 Å². The fourth-order valence-electron chi connectivity index (χ4n) is 6.06. The van der Waals surface area contributed by atoms with Crippen molar-refractivity contribution >= 4 is 35.0 Å². The predicted octanol–water partition coefficient (Wildman–Crippen LogP) is 3.67.